The van der Waals surface area contributed by atoms with Gasteiger partial charge in [-0.25, -0.2) is 4.79 Å². The number of carbonyl (C=O) groups is 1. The maximum atomic E-state index is 12.7. The Balaban J connectivity index is 1.73. The van der Waals surface area contributed by atoms with Gasteiger partial charge in [-0.1, -0.05) is 24.3 Å². The van der Waals surface area contributed by atoms with E-state index in [9.17, 15) is 9.35 Å². The van der Waals surface area contributed by atoms with E-state index >= 15 is 0 Å². The number of likely N-dealkylation sites (tertiary alicyclic amines) is 1. The topological polar surface area (TPSA) is 52.6 Å². The molecule has 120 valence electrons. The first-order chi connectivity index (χ1) is 10.3. The summed E-state index contributed by atoms with van der Waals surface area (Å²) in [5.41, 5.74) is 1.94. The van der Waals surface area contributed by atoms with Crippen molar-refractivity contribution in [3.63, 3.8) is 0 Å². The summed E-state index contributed by atoms with van der Waals surface area (Å²) in [7, 11) is 0. The third-order valence-electron chi connectivity index (χ3n) is 4.45. The van der Waals surface area contributed by atoms with Crippen LogP contribution in [0.1, 0.15) is 44.7 Å². The van der Waals surface area contributed by atoms with E-state index < -0.39 is 16.8 Å². The molecule has 0 saturated carbocycles. The van der Waals surface area contributed by atoms with Crippen LogP contribution in [0.3, 0.4) is 0 Å². The fourth-order valence-electron chi connectivity index (χ4n) is 3.37. The highest BCUT2D eigenvalue weighted by Gasteiger charge is 2.52. The number of amides is 1. The van der Waals surface area contributed by atoms with Crippen LogP contribution in [0.4, 0.5) is 4.79 Å². The highest BCUT2D eigenvalue weighted by Crippen LogP contribution is 2.48. The Kier molecular flexibility index (Phi) is 3.89. The number of piperidine rings is 1. The number of benzene rings is 1. The van der Waals surface area contributed by atoms with Crippen molar-refractivity contribution in [3.05, 3.63) is 35.4 Å². The molecular weight excluding hydrogens is 298 g/mol. The molecule has 1 aromatic carbocycles. The number of hydrogen-bond acceptors (Lipinski definition) is 3. The summed E-state index contributed by atoms with van der Waals surface area (Å²) >= 11 is -0.890. The summed E-state index contributed by atoms with van der Waals surface area (Å²) in [6, 6.07) is 8.19. The lowest BCUT2D eigenvalue weighted by Gasteiger charge is -2.39. The Bertz CT molecular complexity index is 574. The molecule has 1 fully saturated rings. The van der Waals surface area contributed by atoms with Crippen LogP contribution in [0.5, 0.6) is 0 Å². The maximum absolute atomic E-state index is 12.7. The van der Waals surface area contributed by atoms with Crippen molar-refractivity contribution in [2.24, 2.45) is 0 Å². The van der Waals surface area contributed by atoms with Crippen molar-refractivity contribution in [1.82, 2.24) is 4.90 Å². The molecule has 0 radical (unpaired) electrons. The fraction of sp³-hybridized carbons (Fsp3) is 0.588. The molecule has 22 heavy (non-hydrogen) atoms. The molecular formula is C17H23NO3S. The fourth-order valence-corrected chi connectivity index (χ4v) is 5.26. The van der Waals surface area contributed by atoms with Gasteiger partial charge in [-0.05, 0) is 31.9 Å². The third-order valence-corrected chi connectivity index (χ3v) is 6.53. The first-order valence-electron chi connectivity index (χ1n) is 7.77. The lowest BCUT2D eigenvalue weighted by Crippen LogP contribution is -2.48. The second-order valence-electron chi connectivity index (χ2n) is 7.11. The molecule has 5 heteroatoms. The highest BCUT2D eigenvalue weighted by atomic mass is 32.2. The van der Waals surface area contributed by atoms with Crippen molar-refractivity contribution in [3.8, 4) is 0 Å². The van der Waals surface area contributed by atoms with Gasteiger partial charge in [-0.2, -0.15) is 0 Å². The summed E-state index contributed by atoms with van der Waals surface area (Å²) < 4.78 is 17.9. The Morgan fingerprint density at radius 3 is 2.55 bits per heavy atom. The van der Waals surface area contributed by atoms with Crippen LogP contribution in [0, 0.1) is 0 Å². The molecule has 0 aliphatic carbocycles. The van der Waals surface area contributed by atoms with E-state index in [0.29, 0.717) is 18.8 Å². The smallest absolute Gasteiger partial charge is 0.410 e. The summed E-state index contributed by atoms with van der Waals surface area (Å²) in [6.07, 6.45) is 1.23. The molecule has 1 saturated heterocycles. The lowest BCUT2D eigenvalue weighted by atomic mass is 9.86. The highest BCUT2D eigenvalue weighted by molar-refractivity contribution is 7.92. The van der Waals surface area contributed by atoms with Gasteiger partial charge >= 0.3 is 6.09 Å². The Morgan fingerprint density at radius 1 is 1.27 bits per heavy atom. The van der Waals surface area contributed by atoms with Crippen molar-refractivity contribution >= 4 is 17.3 Å². The molecule has 4 nitrogen and oxygen atoms in total. The predicted octanol–water partition coefficient (Wildman–Crippen LogP) is 3.18. The number of ether oxygens (including phenoxy) is 1. The molecule has 1 aromatic rings. The van der Waals surface area contributed by atoms with Gasteiger partial charge in [-0.3, -0.25) is 0 Å². The number of rotatable bonds is 0. The predicted molar refractivity (Wildman–Crippen MR) is 87.0 cm³/mol. The van der Waals surface area contributed by atoms with E-state index in [1.807, 2.05) is 32.9 Å². The van der Waals surface area contributed by atoms with Gasteiger partial charge in [0.05, 0.1) is 0 Å². The Labute approximate surface area is 135 Å². The van der Waals surface area contributed by atoms with Crippen LogP contribution in [-0.4, -0.2) is 34.2 Å². The molecule has 0 aromatic heterocycles. The summed E-state index contributed by atoms with van der Waals surface area (Å²) in [6.45, 7) is 6.83. The SMILES string of the molecule is CC(C)(C)OC(=O)N1CCC2(CC1)c1ccccc1C[S+]2[O-]. The van der Waals surface area contributed by atoms with Gasteiger partial charge in [0.2, 0.25) is 0 Å². The van der Waals surface area contributed by atoms with Gasteiger partial charge in [0.25, 0.3) is 0 Å². The monoisotopic (exact) mass is 321 g/mol. The quantitative estimate of drug-likeness (QED) is 0.690. The standard InChI is InChI=1S/C17H23NO3S/c1-16(2,3)21-15(19)18-10-8-17(9-11-18)14-7-5-4-6-13(14)12-22(17)20/h4-7H,8-12H2,1-3H3. The minimum Gasteiger partial charge on any atom is -0.615 e. The van der Waals surface area contributed by atoms with E-state index in [4.69, 9.17) is 4.74 Å². The minimum absolute atomic E-state index is 0.264. The molecule has 0 N–H and O–H groups in total. The van der Waals surface area contributed by atoms with Crippen molar-refractivity contribution in [1.29, 1.82) is 0 Å². The van der Waals surface area contributed by atoms with E-state index in [1.165, 1.54) is 11.1 Å². The van der Waals surface area contributed by atoms with Crippen LogP contribution in [-0.2, 0) is 26.4 Å². The number of nitrogens with zero attached hydrogens (tertiary/aromatic N) is 1. The average Bonchev–Trinajstić information content (AvgIpc) is 2.71. The molecule has 0 bridgehead atoms. The summed E-state index contributed by atoms with van der Waals surface area (Å²) in [5, 5.41) is 0. The van der Waals surface area contributed by atoms with Crippen molar-refractivity contribution in [2.45, 2.75) is 49.7 Å². The lowest BCUT2D eigenvalue weighted by molar-refractivity contribution is 0.0193. The van der Waals surface area contributed by atoms with Gasteiger partial charge in [0.15, 0.2) is 4.75 Å². The molecule has 2 aliphatic heterocycles. The Morgan fingerprint density at radius 2 is 1.91 bits per heavy atom. The zero-order chi connectivity index (χ0) is 16.0. The summed E-state index contributed by atoms with van der Waals surface area (Å²) in [4.78, 5) is 13.9. The molecule has 2 heterocycles. The van der Waals surface area contributed by atoms with Gasteiger partial charge in [0.1, 0.15) is 11.4 Å². The number of fused-ring (bicyclic) bond motifs is 2. The van der Waals surface area contributed by atoms with Gasteiger partial charge < -0.3 is 14.2 Å². The molecule has 2 aliphatic rings. The van der Waals surface area contributed by atoms with E-state index in [0.717, 1.165) is 12.8 Å². The normalized spacial score (nSPS) is 23.5. The Hall–Kier alpha value is -1.20. The molecule has 1 unspecified atom stereocenters. The maximum Gasteiger partial charge on any atom is 0.410 e. The van der Waals surface area contributed by atoms with Gasteiger partial charge in [0, 0.05) is 37.1 Å². The largest absolute Gasteiger partial charge is 0.615 e. The van der Waals surface area contributed by atoms with Crippen LogP contribution in [0.2, 0.25) is 0 Å². The second kappa shape index (κ2) is 5.46. The van der Waals surface area contributed by atoms with Gasteiger partial charge in [-0.15, -0.1) is 0 Å². The van der Waals surface area contributed by atoms with E-state index in [2.05, 4.69) is 12.1 Å². The molecule has 3 rings (SSSR count). The van der Waals surface area contributed by atoms with E-state index in [-0.39, 0.29) is 10.8 Å². The molecule has 1 amide bonds. The van der Waals surface area contributed by atoms with Crippen LogP contribution >= 0.6 is 0 Å². The minimum atomic E-state index is -0.890. The summed E-state index contributed by atoms with van der Waals surface area (Å²) in [5.74, 6) is 0.641. The molecule has 1 atom stereocenters. The number of hydrogen-bond donors (Lipinski definition) is 0. The average molecular weight is 321 g/mol. The van der Waals surface area contributed by atoms with Crippen LogP contribution < -0.4 is 0 Å². The third kappa shape index (κ3) is 2.72. The molecule has 1 spiro atoms. The zero-order valence-corrected chi connectivity index (χ0v) is 14.2. The van der Waals surface area contributed by atoms with Crippen LogP contribution in [0.25, 0.3) is 0 Å². The zero-order valence-electron chi connectivity index (χ0n) is 13.4. The van der Waals surface area contributed by atoms with E-state index in [1.54, 1.807) is 4.90 Å². The first-order valence-corrected chi connectivity index (χ1v) is 9.08. The second-order valence-corrected chi connectivity index (χ2v) is 8.87. The number of carbonyl (C=O) groups excluding carboxylic acids is 1. The first kappa shape index (κ1) is 15.7. The van der Waals surface area contributed by atoms with Crippen molar-refractivity contribution in [2.75, 3.05) is 13.1 Å². The van der Waals surface area contributed by atoms with Crippen LogP contribution in [0.15, 0.2) is 24.3 Å². The van der Waals surface area contributed by atoms with Crippen molar-refractivity contribution < 1.29 is 14.1 Å².